The quantitative estimate of drug-likeness (QED) is 0.706. The van der Waals surface area contributed by atoms with Gasteiger partial charge in [0, 0.05) is 19.6 Å². The number of ether oxygens (including phenoxy) is 2. The van der Waals surface area contributed by atoms with Crippen LogP contribution >= 0.6 is 11.7 Å². The summed E-state index contributed by atoms with van der Waals surface area (Å²) in [6.07, 6.45) is -0.672. The molecule has 0 unspecified atom stereocenters. The Morgan fingerprint density at radius 1 is 1.47 bits per heavy atom. The van der Waals surface area contributed by atoms with E-state index >= 15 is 0 Å². The van der Waals surface area contributed by atoms with Crippen molar-refractivity contribution in [1.82, 2.24) is 8.75 Å². The van der Waals surface area contributed by atoms with Crippen LogP contribution in [-0.4, -0.2) is 59.4 Å². The van der Waals surface area contributed by atoms with Gasteiger partial charge in [0.15, 0.2) is 0 Å². The summed E-state index contributed by atoms with van der Waals surface area (Å²) in [7, 11) is 0. The molecule has 2 heterocycles. The molecule has 8 heteroatoms. The van der Waals surface area contributed by atoms with Crippen molar-refractivity contribution in [2.75, 3.05) is 44.4 Å². The number of anilines is 1. The molecule has 7 nitrogen and oxygen atoms in total. The Kier molecular flexibility index (Phi) is 4.49. The van der Waals surface area contributed by atoms with Crippen molar-refractivity contribution in [3.05, 3.63) is 0 Å². The molecule has 0 bridgehead atoms. The summed E-state index contributed by atoms with van der Waals surface area (Å²) in [6, 6.07) is 0. The molecule has 2 rings (SSSR count). The molecule has 0 spiro atoms. The summed E-state index contributed by atoms with van der Waals surface area (Å²) in [6.45, 7) is 3.23. The first kappa shape index (κ1) is 12.5. The first-order chi connectivity index (χ1) is 8.31. The van der Waals surface area contributed by atoms with E-state index in [1.165, 1.54) is 0 Å². The highest BCUT2D eigenvalue weighted by molar-refractivity contribution is 6.99. The van der Waals surface area contributed by atoms with E-state index in [1.54, 1.807) is 0 Å². The highest BCUT2D eigenvalue weighted by Gasteiger charge is 2.20. The Morgan fingerprint density at radius 3 is 2.94 bits per heavy atom. The molecule has 1 fully saturated rings. The second-order valence-corrected chi connectivity index (χ2v) is 4.22. The minimum absolute atomic E-state index is 0.138. The third-order valence-electron chi connectivity index (χ3n) is 2.44. The molecule has 1 atom stereocenters. The number of aliphatic hydroxyl groups excluding tert-OH is 1. The van der Waals surface area contributed by atoms with E-state index in [9.17, 15) is 5.11 Å². The smallest absolute Gasteiger partial charge is 0.270 e. The molecule has 1 aromatic rings. The van der Waals surface area contributed by atoms with Crippen LogP contribution in [0.25, 0.3) is 0 Å². The highest BCUT2D eigenvalue weighted by atomic mass is 32.1. The minimum Gasteiger partial charge on any atom is -0.472 e. The maximum Gasteiger partial charge on any atom is 0.270 e. The predicted octanol–water partition coefficient (Wildman–Crippen LogP) is -0.927. The number of hydrogen-bond donors (Lipinski definition) is 2. The van der Waals surface area contributed by atoms with Crippen molar-refractivity contribution in [3.63, 3.8) is 0 Å². The van der Waals surface area contributed by atoms with Crippen molar-refractivity contribution >= 4 is 17.5 Å². The van der Waals surface area contributed by atoms with E-state index in [0.29, 0.717) is 19.1 Å². The molecule has 0 aliphatic carbocycles. The van der Waals surface area contributed by atoms with Gasteiger partial charge in [0.1, 0.15) is 12.7 Å². The van der Waals surface area contributed by atoms with Crippen LogP contribution < -0.4 is 15.4 Å². The summed E-state index contributed by atoms with van der Waals surface area (Å²) in [5.74, 6) is 1.19. The van der Waals surface area contributed by atoms with E-state index in [4.69, 9.17) is 15.2 Å². The standard InChI is InChI=1S/C9H16N4O3S/c10-5-7(14)6-16-9-8(11-17-12-9)13-1-3-15-4-2-13/h7,14H,1-6,10H2/t7-/m0/s1. The fraction of sp³-hybridized carbons (Fsp3) is 0.778. The normalized spacial score (nSPS) is 18.1. The molecule has 0 saturated carbocycles. The number of hydrogen-bond acceptors (Lipinski definition) is 8. The third kappa shape index (κ3) is 3.25. The minimum atomic E-state index is -0.672. The molecule has 96 valence electrons. The SMILES string of the molecule is NC[C@H](O)COc1nsnc1N1CCOCC1. The van der Waals surface area contributed by atoms with Gasteiger partial charge >= 0.3 is 0 Å². The lowest BCUT2D eigenvalue weighted by atomic mass is 10.4. The van der Waals surface area contributed by atoms with Gasteiger partial charge in [-0.05, 0) is 0 Å². The lowest BCUT2D eigenvalue weighted by Crippen LogP contribution is -2.36. The Labute approximate surface area is 103 Å². The average molecular weight is 260 g/mol. The van der Waals surface area contributed by atoms with Crippen LogP contribution in [-0.2, 0) is 4.74 Å². The maximum atomic E-state index is 9.33. The van der Waals surface area contributed by atoms with Crippen LogP contribution in [0.5, 0.6) is 5.88 Å². The molecule has 0 radical (unpaired) electrons. The van der Waals surface area contributed by atoms with Crippen LogP contribution in [0, 0.1) is 0 Å². The second-order valence-electron chi connectivity index (χ2n) is 3.69. The van der Waals surface area contributed by atoms with Crippen LogP contribution in [0.2, 0.25) is 0 Å². The van der Waals surface area contributed by atoms with E-state index < -0.39 is 6.10 Å². The molecule has 17 heavy (non-hydrogen) atoms. The zero-order chi connectivity index (χ0) is 12.1. The Morgan fingerprint density at radius 2 is 2.24 bits per heavy atom. The Bertz CT molecular complexity index is 343. The molecular weight excluding hydrogens is 244 g/mol. The van der Waals surface area contributed by atoms with Crippen molar-refractivity contribution in [2.24, 2.45) is 5.73 Å². The van der Waals surface area contributed by atoms with Crippen molar-refractivity contribution in [3.8, 4) is 5.88 Å². The number of aliphatic hydroxyl groups is 1. The van der Waals surface area contributed by atoms with Crippen LogP contribution in [0.15, 0.2) is 0 Å². The lowest BCUT2D eigenvalue weighted by Gasteiger charge is -2.26. The fourth-order valence-corrected chi connectivity index (χ4v) is 2.00. The number of nitrogens with two attached hydrogens (primary N) is 1. The zero-order valence-electron chi connectivity index (χ0n) is 9.41. The second kappa shape index (κ2) is 6.10. The van der Waals surface area contributed by atoms with Gasteiger partial charge in [-0.15, -0.1) is 4.37 Å². The van der Waals surface area contributed by atoms with Gasteiger partial charge < -0.3 is 25.2 Å². The summed E-state index contributed by atoms with van der Waals surface area (Å²) in [5.41, 5.74) is 5.30. The van der Waals surface area contributed by atoms with Crippen molar-refractivity contribution in [2.45, 2.75) is 6.10 Å². The van der Waals surface area contributed by atoms with Gasteiger partial charge in [0.25, 0.3) is 5.88 Å². The van der Waals surface area contributed by atoms with Gasteiger partial charge in [-0.3, -0.25) is 0 Å². The Hall–Kier alpha value is -0.960. The number of aromatic nitrogens is 2. The van der Waals surface area contributed by atoms with E-state index in [-0.39, 0.29) is 13.2 Å². The third-order valence-corrected chi connectivity index (χ3v) is 2.94. The molecule has 3 N–H and O–H groups in total. The molecule has 0 amide bonds. The topological polar surface area (TPSA) is 93.7 Å². The average Bonchev–Trinajstić information content (AvgIpc) is 2.85. The van der Waals surface area contributed by atoms with Crippen LogP contribution in [0.4, 0.5) is 5.82 Å². The predicted molar refractivity (Wildman–Crippen MR) is 63.5 cm³/mol. The first-order valence-corrected chi connectivity index (χ1v) is 6.20. The fourth-order valence-electron chi connectivity index (χ4n) is 1.48. The van der Waals surface area contributed by atoms with Gasteiger partial charge in [0.2, 0.25) is 5.82 Å². The zero-order valence-corrected chi connectivity index (χ0v) is 10.2. The van der Waals surface area contributed by atoms with Gasteiger partial charge in [-0.1, -0.05) is 0 Å². The van der Waals surface area contributed by atoms with E-state index in [1.807, 2.05) is 0 Å². The van der Waals surface area contributed by atoms with Crippen LogP contribution in [0.1, 0.15) is 0 Å². The van der Waals surface area contributed by atoms with E-state index in [2.05, 4.69) is 13.6 Å². The molecule has 1 aliphatic rings. The van der Waals surface area contributed by atoms with E-state index in [0.717, 1.165) is 30.6 Å². The van der Waals surface area contributed by atoms with Gasteiger partial charge in [0.05, 0.1) is 24.9 Å². The maximum absolute atomic E-state index is 9.33. The molecule has 0 aromatic carbocycles. The van der Waals surface area contributed by atoms with Gasteiger partial charge in [-0.2, -0.15) is 4.37 Å². The number of morpholine rings is 1. The first-order valence-electron chi connectivity index (χ1n) is 5.47. The van der Waals surface area contributed by atoms with Crippen molar-refractivity contribution in [1.29, 1.82) is 0 Å². The summed E-state index contributed by atoms with van der Waals surface area (Å²) >= 11 is 1.10. The Balaban J connectivity index is 1.95. The van der Waals surface area contributed by atoms with Gasteiger partial charge in [-0.25, -0.2) is 0 Å². The largest absolute Gasteiger partial charge is 0.472 e. The number of rotatable bonds is 5. The van der Waals surface area contributed by atoms with Crippen molar-refractivity contribution < 1.29 is 14.6 Å². The summed E-state index contributed by atoms with van der Waals surface area (Å²) in [4.78, 5) is 2.07. The monoisotopic (exact) mass is 260 g/mol. The molecule has 1 aromatic heterocycles. The molecule has 1 saturated heterocycles. The van der Waals surface area contributed by atoms with Crippen LogP contribution in [0.3, 0.4) is 0 Å². The highest BCUT2D eigenvalue weighted by Crippen LogP contribution is 2.26. The molecular formula is C9H16N4O3S. The molecule has 1 aliphatic heterocycles. The summed E-state index contributed by atoms with van der Waals surface area (Å²) in [5, 5.41) is 9.33. The number of nitrogens with zero attached hydrogens (tertiary/aromatic N) is 3. The lowest BCUT2D eigenvalue weighted by molar-refractivity contribution is 0.110. The summed E-state index contributed by atoms with van der Waals surface area (Å²) < 4.78 is 19.0.